The molecule has 5 nitrogen and oxygen atoms in total. The number of likely N-dealkylation sites (tertiary alicyclic amines) is 2. The van der Waals surface area contributed by atoms with Gasteiger partial charge in [0.05, 0.1) is 6.61 Å². The minimum absolute atomic E-state index is 0.117. The lowest BCUT2D eigenvalue weighted by Gasteiger charge is -2.35. The number of amides is 2. The molecular formula is C15H29N3O2. The molecule has 116 valence electrons. The van der Waals surface area contributed by atoms with Crippen LogP contribution < -0.4 is 5.32 Å². The van der Waals surface area contributed by atoms with E-state index in [1.54, 1.807) is 7.11 Å². The van der Waals surface area contributed by atoms with Crippen LogP contribution in [0.2, 0.25) is 0 Å². The number of piperidine rings is 1. The predicted octanol–water partition coefficient (Wildman–Crippen LogP) is 1.54. The number of methoxy groups -OCH3 is 1. The van der Waals surface area contributed by atoms with Crippen molar-refractivity contribution in [1.82, 2.24) is 15.1 Å². The highest BCUT2D eigenvalue weighted by Crippen LogP contribution is 2.18. The molecule has 0 radical (unpaired) electrons. The molecule has 1 N–H and O–H groups in total. The molecule has 2 rings (SSSR count). The van der Waals surface area contributed by atoms with E-state index in [-0.39, 0.29) is 6.03 Å². The zero-order valence-electron chi connectivity index (χ0n) is 13.1. The Morgan fingerprint density at radius 1 is 1.25 bits per heavy atom. The Labute approximate surface area is 122 Å². The largest absolute Gasteiger partial charge is 0.384 e. The summed E-state index contributed by atoms with van der Waals surface area (Å²) in [5, 5.41) is 3.20. The molecule has 2 aliphatic heterocycles. The summed E-state index contributed by atoms with van der Waals surface area (Å²) in [7, 11) is 1.73. The molecule has 1 atom stereocenters. The summed E-state index contributed by atoms with van der Waals surface area (Å²) in [5.74, 6) is 0.508. The summed E-state index contributed by atoms with van der Waals surface area (Å²) in [6.07, 6.45) is 3.20. The van der Waals surface area contributed by atoms with Crippen molar-refractivity contribution in [3.05, 3.63) is 0 Å². The fourth-order valence-electron chi connectivity index (χ4n) is 3.21. The minimum atomic E-state index is 0.117. The maximum absolute atomic E-state index is 12.2. The number of rotatable bonds is 4. The van der Waals surface area contributed by atoms with Gasteiger partial charge in [0.1, 0.15) is 0 Å². The molecule has 0 bridgehead atoms. The van der Waals surface area contributed by atoms with Gasteiger partial charge < -0.3 is 19.9 Å². The van der Waals surface area contributed by atoms with Crippen molar-refractivity contribution < 1.29 is 9.53 Å². The first-order valence-corrected chi connectivity index (χ1v) is 7.88. The van der Waals surface area contributed by atoms with E-state index in [9.17, 15) is 4.79 Å². The van der Waals surface area contributed by atoms with Gasteiger partial charge in [0, 0.05) is 51.3 Å². The second-order valence-corrected chi connectivity index (χ2v) is 6.41. The van der Waals surface area contributed by atoms with Crippen LogP contribution in [0.25, 0.3) is 0 Å². The molecular weight excluding hydrogens is 254 g/mol. The van der Waals surface area contributed by atoms with Crippen LogP contribution in [0.5, 0.6) is 0 Å². The first kappa shape index (κ1) is 15.6. The molecule has 0 aliphatic carbocycles. The zero-order valence-corrected chi connectivity index (χ0v) is 13.1. The van der Waals surface area contributed by atoms with E-state index in [4.69, 9.17) is 4.74 Å². The molecule has 0 aromatic rings. The molecule has 2 saturated heterocycles. The van der Waals surface area contributed by atoms with E-state index in [1.165, 1.54) is 0 Å². The highest BCUT2D eigenvalue weighted by molar-refractivity contribution is 5.74. The third kappa shape index (κ3) is 4.09. The molecule has 2 fully saturated rings. The molecule has 2 amide bonds. The Morgan fingerprint density at radius 3 is 2.55 bits per heavy atom. The van der Waals surface area contributed by atoms with Crippen molar-refractivity contribution in [2.75, 3.05) is 39.9 Å². The summed E-state index contributed by atoms with van der Waals surface area (Å²) in [5.41, 5.74) is 0. The van der Waals surface area contributed by atoms with Crippen LogP contribution in [-0.4, -0.2) is 67.8 Å². The van der Waals surface area contributed by atoms with Crippen molar-refractivity contribution in [1.29, 1.82) is 0 Å². The predicted molar refractivity (Wildman–Crippen MR) is 79.8 cm³/mol. The monoisotopic (exact) mass is 283 g/mol. The lowest BCUT2D eigenvalue weighted by atomic mass is 10.0. The quantitative estimate of drug-likeness (QED) is 0.851. The maximum Gasteiger partial charge on any atom is 0.317 e. The molecule has 0 spiro atoms. The number of ether oxygens (including phenoxy) is 1. The van der Waals surface area contributed by atoms with Gasteiger partial charge in [-0.05, 0) is 33.1 Å². The van der Waals surface area contributed by atoms with Crippen molar-refractivity contribution >= 4 is 6.03 Å². The van der Waals surface area contributed by atoms with Crippen molar-refractivity contribution in [3.8, 4) is 0 Å². The van der Waals surface area contributed by atoms with Gasteiger partial charge in [0.15, 0.2) is 0 Å². The zero-order chi connectivity index (χ0) is 14.5. The standard InChI is InChI=1S/C15H29N3O2/c1-12(2)17-8-5-14(6-9-17)16-15(19)18-7-4-13(10-18)11-20-3/h12-14H,4-11H2,1-3H3,(H,16,19). The van der Waals surface area contributed by atoms with Gasteiger partial charge in [0.25, 0.3) is 0 Å². The number of carbonyl (C=O) groups excluding carboxylic acids is 1. The molecule has 0 aromatic heterocycles. The average Bonchev–Trinajstić information content (AvgIpc) is 2.88. The van der Waals surface area contributed by atoms with E-state index in [2.05, 4.69) is 24.1 Å². The van der Waals surface area contributed by atoms with Gasteiger partial charge in [-0.25, -0.2) is 4.79 Å². The Balaban J connectivity index is 1.71. The fraction of sp³-hybridized carbons (Fsp3) is 0.933. The Kier molecular flexibility index (Phi) is 5.66. The molecule has 0 aromatic carbocycles. The highest BCUT2D eigenvalue weighted by atomic mass is 16.5. The first-order valence-electron chi connectivity index (χ1n) is 7.88. The number of nitrogens with one attached hydrogen (secondary N) is 1. The molecule has 2 heterocycles. The van der Waals surface area contributed by atoms with Gasteiger partial charge in [-0.1, -0.05) is 0 Å². The number of urea groups is 1. The fourth-order valence-corrected chi connectivity index (χ4v) is 3.21. The summed E-state index contributed by atoms with van der Waals surface area (Å²) in [4.78, 5) is 16.7. The van der Waals surface area contributed by atoms with Crippen LogP contribution in [0.3, 0.4) is 0 Å². The number of nitrogens with zero attached hydrogens (tertiary/aromatic N) is 2. The minimum Gasteiger partial charge on any atom is -0.384 e. The molecule has 2 aliphatic rings. The van der Waals surface area contributed by atoms with Crippen molar-refractivity contribution in [2.24, 2.45) is 5.92 Å². The summed E-state index contributed by atoms with van der Waals surface area (Å²) < 4.78 is 5.17. The van der Waals surface area contributed by atoms with E-state index in [0.29, 0.717) is 18.0 Å². The van der Waals surface area contributed by atoms with Crippen LogP contribution in [0.4, 0.5) is 4.79 Å². The van der Waals surface area contributed by atoms with Crippen molar-refractivity contribution in [2.45, 2.75) is 45.2 Å². The number of hydrogen-bond acceptors (Lipinski definition) is 3. The third-order valence-corrected chi connectivity index (χ3v) is 4.56. The highest BCUT2D eigenvalue weighted by Gasteiger charge is 2.28. The van der Waals surface area contributed by atoms with Gasteiger partial charge in [-0.3, -0.25) is 0 Å². The van der Waals surface area contributed by atoms with Crippen molar-refractivity contribution in [3.63, 3.8) is 0 Å². The number of carbonyl (C=O) groups is 1. The summed E-state index contributed by atoms with van der Waals surface area (Å²) >= 11 is 0. The Morgan fingerprint density at radius 2 is 1.95 bits per heavy atom. The van der Waals surface area contributed by atoms with Gasteiger partial charge in [-0.15, -0.1) is 0 Å². The Hall–Kier alpha value is -0.810. The topological polar surface area (TPSA) is 44.8 Å². The second-order valence-electron chi connectivity index (χ2n) is 6.41. The van der Waals surface area contributed by atoms with E-state index in [0.717, 1.165) is 52.0 Å². The van der Waals surface area contributed by atoms with E-state index >= 15 is 0 Å². The van der Waals surface area contributed by atoms with Crippen LogP contribution >= 0.6 is 0 Å². The van der Waals surface area contributed by atoms with E-state index < -0.39 is 0 Å². The Bertz CT molecular complexity index is 314. The molecule has 0 saturated carbocycles. The van der Waals surface area contributed by atoms with Crippen LogP contribution in [0.15, 0.2) is 0 Å². The van der Waals surface area contributed by atoms with Gasteiger partial charge in [-0.2, -0.15) is 0 Å². The number of hydrogen-bond donors (Lipinski definition) is 1. The van der Waals surface area contributed by atoms with E-state index in [1.807, 2.05) is 4.90 Å². The molecule has 1 unspecified atom stereocenters. The van der Waals surface area contributed by atoms with Crippen LogP contribution in [0.1, 0.15) is 33.1 Å². The lowest BCUT2D eigenvalue weighted by Crippen LogP contribution is -2.49. The summed E-state index contributed by atoms with van der Waals surface area (Å²) in [6, 6.07) is 1.07. The van der Waals surface area contributed by atoms with Gasteiger partial charge >= 0.3 is 6.03 Å². The molecule has 5 heteroatoms. The first-order chi connectivity index (χ1) is 9.60. The smallest absolute Gasteiger partial charge is 0.317 e. The SMILES string of the molecule is COCC1CCN(C(=O)NC2CCN(C(C)C)CC2)C1. The normalized spacial score (nSPS) is 25.4. The lowest BCUT2D eigenvalue weighted by molar-refractivity contribution is 0.147. The van der Waals surface area contributed by atoms with Crippen LogP contribution in [0, 0.1) is 5.92 Å². The average molecular weight is 283 g/mol. The second kappa shape index (κ2) is 7.27. The van der Waals surface area contributed by atoms with Gasteiger partial charge in [0.2, 0.25) is 0 Å². The third-order valence-electron chi connectivity index (χ3n) is 4.56. The maximum atomic E-state index is 12.2. The summed E-state index contributed by atoms with van der Waals surface area (Å²) in [6.45, 7) is 9.12. The molecule has 20 heavy (non-hydrogen) atoms. The van der Waals surface area contributed by atoms with Crippen LogP contribution in [-0.2, 0) is 4.74 Å².